The summed E-state index contributed by atoms with van der Waals surface area (Å²) >= 11 is 0. The van der Waals surface area contributed by atoms with Crippen molar-refractivity contribution < 1.29 is 9.63 Å². The van der Waals surface area contributed by atoms with Gasteiger partial charge in [0.1, 0.15) is 5.76 Å². The maximum Gasteiger partial charge on any atom is 0.239 e. The van der Waals surface area contributed by atoms with Crippen LogP contribution in [0.3, 0.4) is 0 Å². The number of hydroxylamine groups is 1. The molecule has 0 aliphatic rings. The van der Waals surface area contributed by atoms with Gasteiger partial charge in [0.2, 0.25) is 6.41 Å². The van der Waals surface area contributed by atoms with Gasteiger partial charge in [-0.2, -0.15) is 5.48 Å². The summed E-state index contributed by atoms with van der Waals surface area (Å²) in [7, 11) is 0. The highest BCUT2D eigenvalue weighted by atomic mass is 16.7. The Kier molecular flexibility index (Phi) is 2.76. The van der Waals surface area contributed by atoms with Crippen molar-refractivity contribution in [3.05, 3.63) is 12.3 Å². The second-order valence-electron chi connectivity index (χ2n) is 1.04. The van der Waals surface area contributed by atoms with Crippen LogP contribution in [0.15, 0.2) is 12.3 Å². The van der Waals surface area contributed by atoms with Crippen molar-refractivity contribution in [2.45, 2.75) is 6.92 Å². The third-order valence-electron chi connectivity index (χ3n) is 0.281. The van der Waals surface area contributed by atoms with Gasteiger partial charge in [0.05, 0.1) is 0 Å². The number of allylic oxidation sites excluding steroid dienone is 1. The summed E-state index contributed by atoms with van der Waals surface area (Å²) in [5, 5.41) is 0. The lowest BCUT2D eigenvalue weighted by molar-refractivity contribution is -0.117. The lowest BCUT2D eigenvalue weighted by Gasteiger charge is -1.96. The zero-order chi connectivity index (χ0) is 5.70. The van der Waals surface area contributed by atoms with Gasteiger partial charge in [-0.05, 0) is 6.92 Å². The maximum absolute atomic E-state index is 9.43. The Morgan fingerprint density at radius 2 is 2.57 bits per heavy atom. The predicted molar refractivity (Wildman–Crippen MR) is 25.1 cm³/mol. The average Bonchev–Trinajstić information content (AvgIpc) is 1.61. The first-order valence-corrected chi connectivity index (χ1v) is 1.79. The molecule has 0 spiro atoms. The molecular weight excluding hydrogens is 94.0 g/mol. The highest BCUT2D eigenvalue weighted by Gasteiger charge is 1.76. The van der Waals surface area contributed by atoms with Crippen molar-refractivity contribution in [1.29, 1.82) is 0 Å². The van der Waals surface area contributed by atoms with E-state index in [1.54, 1.807) is 6.92 Å². The number of carbonyl (C=O) groups excluding carboxylic acids is 1. The van der Waals surface area contributed by atoms with Crippen LogP contribution in [0.1, 0.15) is 6.92 Å². The minimum Gasteiger partial charge on any atom is -0.385 e. The Morgan fingerprint density at radius 3 is 2.71 bits per heavy atom. The molecule has 0 fully saturated rings. The summed E-state index contributed by atoms with van der Waals surface area (Å²) in [5.41, 5.74) is 1.97. The number of amides is 1. The average molecular weight is 101 g/mol. The fraction of sp³-hybridized carbons (Fsp3) is 0.250. The van der Waals surface area contributed by atoms with E-state index in [9.17, 15) is 4.79 Å². The van der Waals surface area contributed by atoms with E-state index >= 15 is 0 Å². The fourth-order valence-corrected chi connectivity index (χ4v) is 0.125. The minimum absolute atomic E-state index is 0.439. The maximum atomic E-state index is 9.43. The first-order valence-electron chi connectivity index (χ1n) is 1.79. The Balaban J connectivity index is 2.97. The molecule has 3 nitrogen and oxygen atoms in total. The van der Waals surface area contributed by atoms with Crippen LogP contribution in [-0.4, -0.2) is 6.41 Å². The van der Waals surface area contributed by atoms with Crippen LogP contribution in [0, 0.1) is 0 Å². The molecule has 1 amide bonds. The molecule has 0 aliphatic heterocycles. The highest BCUT2D eigenvalue weighted by Crippen LogP contribution is 1.80. The van der Waals surface area contributed by atoms with E-state index in [-0.39, 0.29) is 0 Å². The zero-order valence-corrected chi connectivity index (χ0v) is 4.10. The third-order valence-corrected chi connectivity index (χ3v) is 0.281. The van der Waals surface area contributed by atoms with E-state index in [4.69, 9.17) is 0 Å². The molecule has 0 saturated heterocycles. The largest absolute Gasteiger partial charge is 0.385 e. The number of hydrogen-bond donors (Lipinski definition) is 1. The van der Waals surface area contributed by atoms with Crippen molar-refractivity contribution in [2.75, 3.05) is 0 Å². The Labute approximate surface area is 41.9 Å². The lowest BCUT2D eigenvalue weighted by atomic mass is 10.7. The Morgan fingerprint density at radius 1 is 2.00 bits per heavy atom. The summed E-state index contributed by atoms with van der Waals surface area (Å²) in [6.45, 7) is 4.98. The SMILES string of the molecule is C=C(C)ONC=O. The molecule has 3 heteroatoms. The lowest BCUT2D eigenvalue weighted by Crippen LogP contribution is -2.08. The predicted octanol–water partition coefficient (Wildman–Crippen LogP) is 0.198. The topological polar surface area (TPSA) is 38.3 Å². The quantitative estimate of drug-likeness (QED) is 0.313. The molecule has 0 rings (SSSR count). The van der Waals surface area contributed by atoms with Gasteiger partial charge in [0, 0.05) is 0 Å². The standard InChI is InChI=1S/C4H7NO2/c1-4(2)7-5-3-6/h3H,1H2,2H3,(H,5,6). The van der Waals surface area contributed by atoms with Gasteiger partial charge in [0.25, 0.3) is 0 Å². The van der Waals surface area contributed by atoms with Gasteiger partial charge >= 0.3 is 0 Å². The molecule has 0 saturated carbocycles. The minimum atomic E-state index is 0.439. The first-order chi connectivity index (χ1) is 3.27. The van der Waals surface area contributed by atoms with E-state index in [0.29, 0.717) is 12.2 Å². The summed E-state index contributed by atoms with van der Waals surface area (Å²) in [5.74, 6) is 0.465. The molecule has 0 radical (unpaired) electrons. The molecule has 1 N–H and O–H groups in total. The molecular formula is C4H7NO2. The van der Waals surface area contributed by atoms with Crippen LogP contribution >= 0.6 is 0 Å². The number of rotatable bonds is 3. The molecule has 0 unspecified atom stereocenters. The molecule has 0 aliphatic carbocycles. The highest BCUT2D eigenvalue weighted by molar-refractivity contribution is 5.43. The van der Waals surface area contributed by atoms with Crippen LogP contribution in [0.2, 0.25) is 0 Å². The number of carbonyl (C=O) groups is 1. The summed E-state index contributed by atoms with van der Waals surface area (Å²) in [4.78, 5) is 13.8. The molecule has 0 aromatic rings. The summed E-state index contributed by atoms with van der Waals surface area (Å²) < 4.78 is 0. The van der Waals surface area contributed by atoms with Gasteiger partial charge in [-0.1, -0.05) is 6.58 Å². The molecule has 40 valence electrons. The number of nitrogens with one attached hydrogen (secondary N) is 1. The van der Waals surface area contributed by atoms with Crippen LogP contribution in [-0.2, 0) is 9.63 Å². The Bertz CT molecular complexity index is 79.8. The van der Waals surface area contributed by atoms with Crippen molar-refractivity contribution in [3.63, 3.8) is 0 Å². The van der Waals surface area contributed by atoms with Crippen molar-refractivity contribution in [2.24, 2.45) is 0 Å². The van der Waals surface area contributed by atoms with E-state index < -0.39 is 0 Å². The van der Waals surface area contributed by atoms with Crippen molar-refractivity contribution >= 4 is 6.41 Å². The number of hydrogen-bond acceptors (Lipinski definition) is 2. The van der Waals surface area contributed by atoms with Crippen LogP contribution in [0.5, 0.6) is 0 Å². The van der Waals surface area contributed by atoms with Gasteiger partial charge < -0.3 is 4.84 Å². The normalized spacial score (nSPS) is 7.00. The third kappa shape index (κ3) is 5.01. The van der Waals surface area contributed by atoms with Crippen molar-refractivity contribution in [1.82, 2.24) is 5.48 Å². The second-order valence-corrected chi connectivity index (χ2v) is 1.04. The fourth-order valence-electron chi connectivity index (χ4n) is 0.125. The molecule has 0 heterocycles. The molecule has 7 heavy (non-hydrogen) atoms. The first kappa shape index (κ1) is 6.01. The molecule has 0 aromatic heterocycles. The van der Waals surface area contributed by atoms with Gasteiger partial charge in [-0.25, -0.2) is 0 Å². The van der Waals surface area contributed by atoms with E-state index in [1.807, 2.05) is 5.48 Å². The smallest absolute Gasteiger partial charge is 0.239 e. The zero-order valence-electron chi connectivity index (χ0n) is 4.10. The second kappa shape index (κ2) is 3.21. The van der Waals surface area contributed by atoms with Crippen LogP contribution in [0.25, 0.3) is 0 Å². The summed E-state index contributed by atoms with van der Waals surface area (Å²) in [6, 6.07) is 0. The molecule has 0 bridgehead atoms. The van der Waals surface area contributed by atoms with Gasteiger partial charge in [-0.15, -0.1) is 0 Å². The monoisotopic (exact) mass is 101 g/mol. The van der Waals surface area contributed by atoms with Crippen molar-refractivity contribution in [3.8, 4) is 0 Å². The Hall–Kier alpha value is -0.990. The van der Waals surface area contributed by atoms with Crippen LogP contribution in [0.4, 0.5) is 0 Å². The van der Waals surface area contributed by atoms with E-state index in [2.05, 4.69) is 11.4 Å². The van der Waals surface area contributed by atoms with E-state index in [1.165, 1.54) is 0 Å². The summed E-state index contributed by atoms with van der Waals surface area (Å²) in [6.07, 6.45) is 0.439. The van der Waals surface area contributed by atoms with Gasteiger partial charge in [-0.3, -0.25) is 4.79 Å². The van der Waals surface area contributed by atoms with E-state index in [0.717, 1.165) is 0 Å². The van der Waals surface area contributed by atoms with Crippen LogP contribution < -0.4 is 5.48 Å². The van der Waals surface area contributed by atoms with Gasteiger partial charge in [0.15, 0.2) is 0 Å². The molecule has 0 aromatic carbocycles. The molecule has 0 atom stereocenters.